The van der Waals surface area contributed by atoms with Crippen molar-refractivity contribution in [1.82, 2.24) is 0 Å². The Balaban J connectivity index is 0. The van der Waals surface area contributed by atoms with Gasteiger partial charge in [0.1, 0.15) is 10.1 Å². The molecule has 2 N–H and O–H groups in total. The van der Waals surface area contributed by atoms with E-state index < -0.39 is 10.1 Å². The summed E-state index contributed by atoms with van der Waals surface area (Å²) in [7, 11) is -4.37. The van der Waals surface area contributed by atoms with Crippen LogP contribution in [-0.2, 0) is 10.1 Å². The summed E-state index contributed by atoms with van der Waals surface area (Å²) in [6.07, 6.45) is 1.34. The van der Waals surface area contributed by atoms with Gasteiger partial charge in [-0.25, -0.2) is 8.42 Å². The van der Waals surface area contributed by atoms with Crippen LogP contribution in [0.2, 0.25) is 0 Å². The molecule has 14 heavy (non-hydrogen) atoms. The minimum Gasteiger partial charge on any atom is -0.744 e. The van der Waals surface area contributed by atoms with Crippen LogP contribution < -0.4 is 29.6 Å². The Hall–Kier alpha value is -0.170. The first-order chi connectivity index (χ1) is 5.55. The molecule has 0 radical (unpaired) electrons. The zero-order valence-electron chi connectivity index (χ0n) is 7.73. The molecule has 0 aromatic heterocycles. The summed E-state index contributed by atoms with van der Waals surface area (Å²) in [4.78, 5) is -0.222. The van der Waals surface area contributed by atoms with Crippen LogP contribution in [0.1, 0.15) is 5.56 Å². The molecule has 0 bridgehead atoms. The van der Waals surface area contributed by atoms with Gasteiger partial charge in [-0.3, -0.25) is 0 Å². The maximum atomic E-state index is 10.6. The van der Waals surface area contributed by atoms with Gasteiger partial charge >= 0.3 is 29.6 Å². The second-order valence-corrected chi connectivity index (χ2v) is 3.54. The predicted molar refractivity (Wildman–Crippen MR) is 48.1 cm³/mol. The molecule has 0 heterocycles. The molecule has 72 valence electrons. The van der Waals surface area contributed by atoms with Crippen LogP contribution in [0.5, 0.6) is 0 Å². The summed E-state index contributed by atoms with van der Waals surface area (Å²) in [5.74, 6) is 0. The van der Waals surface area contributed by atoms with Crippen molar-refractivity contribution in [3.8, 4) is 0 Å². The smallest absolute Gasteiger partial charge is 0.744 e. The van der Waals surface area contributed by atoms with Gasteiger partial charge in [-0.05, 0) is 11.6 Å². The molecule has 1 aromatic rings. The Kier molecular flexibility index (Phi) is 7.37. The van der Waals surface area contributed by atoms with Crippen molar-refractivity contribution < 1.29 is 48.0 Å². The van der Waals surface area contributed by atoms with Gasteiger partial charge in [-0.2, -0.15) is 0 Å². The van der Waals surface area contributed by atoms with Gasteiger partial charge in [0.05, 0.1) is 4.90 Å². The van der Waals surface area contributed by atoms with Crippen LogP contribution in [0.3, 0.4) is 0 Å². The zero-order valence-corrected chi connectivity index (χ0v) is 10.5. The Morgan fingerprint density at radius 2 is 1.79 bits per heavy atom. The van der Waals surface area contributed by atoms with Crippen molar-refractivity contribution >= 4 is 16.2 Å². The summed E-state index contributed by atoms with van der Waals surface area (Å²) in [6.45, 7) is 3.40. The van der Waals surface area contributed by atoms with Crippen LogP contribution in [0.25, 0.3) is 6.08 Å². The van der Waals surface area contributed by atoms with E-state index >= 15 is 0 Å². The standard InChI is InChI=1S/C8H8O3S.Na.H2O/c1-2-7-5-3-4-6-8(7)12(9,10)11;;/h2-6H,1H2,(H,9,10,11);;1H2/q;+1;/p-1. The van der Waals surface area contributed by atoms with Crippen LogP contribution in [0, 0.1) is 0 Å². The molecule has 6 heteroatoms. The fourth-order valence-electron chi connectivity index (χ4n) is 0.877. The molecule has 0 saturated heterocycles. The first-order valence-electron chi connectivity index (χ1n) is 3.23. The number of rotatable bonds is 2. The van der Waals surface area contributed by atoms with E-state index in [2.05, 4.69) is 6.58 Å². The molecule has 0 saturated carbocycles. The van der Waals surface area contributed by atoms with Crippen LogP contribution in [0.15, 0.2) is 35.7 Å². The summed E-state index contributed by atoms with van der Waals surface area (Å²) < 4.78 is 31.8. The zero-order chi connectivity index (χ0) is 9.19. The molecule has 0 fully saturated rings. The van der Waals surface area contributed by atoms with E-state index in [0.29, 0.717) is 5.56 Å². The molecule has 0 amide bonds. The van der Waals surface area contributed by atoms with Crippen molar-refractivity contribution in [3.63, 3.8) is 0 Å². The molecular formula is C8H9NaO4S. The molecule has 0 unspecified atom stereocenters. The van der Waals surface area contributed by atoms with Gasteiger partial charge in [0.15, 0.2) is 0 Å². The average Bonchev–Trinajstić information content (AvgIpc) is 2.03. The quantitative estimate of drug-likeness (QED) is 0.408. The van der Waals surface area contributed by atoms with E-state index in [0.717, 1.165) is 0 Å². The van der Waals surface area contributed by atoms with Gasteiger partial charge in [0.2, 0.25) is 0 Å². The normalized spacial score (nSPS) is 9.50. The molecular weight excluding hydrogens is 215 g/mol. The fraction of sp³-hybridized carbons (Fsp3) is 0. The molecule has 0 aliphatic carbocycles. The molecule has 0 atom stereocenters. The molecule has 0 spiro atoms. The minimum atomic E-state index is -4.37. The third kappa shape index (κ3) is 3.91. The van der Waals surface area contributed by atoms with E-state index in [1.807, 2.05) is 0 Å². The Morgan fingerprint density at radius 1 is 1.29 bits per heavy atom. The summed E-state index contributed by atoms with van der Waals surface area (Å²) in [5.41, 5.74) is 0.340. The molecule has 0 aliphatic heterocycles. The van der Waals surface area contributed by atoms with Crippen molar-refractivity contribution in [2.45, 2.75) is 4.90 Å². The topological polar surface area (TPSA) is 88.7 Å². The van der Waals surface area contributed by atoms with Gasteiger partial charge < -0.3 is 10.0 Å². The van der Waals surface area contributed by atoms with E-state index in [1.54, 1.807) is 6.07 Å². The summed E-state index contributed by atoms with van der Waals surface area (Å²) >= 11 is 0. The van der Waals surface area contributed by atoms with Crippen LogP contribution >= 0.6 is 0 Å². The van der Waals surface area contributed by atoms with Crippen molar-refractivity contribution in [1.29, 1.82) is 0 Å². The minimum absolute atomic E-state index is 0. The van der Waals surface area contributed by atoms with Crippen LogP contribution in [-0.4, -0.2) is 18.4 Å². The SMILES string of the molecule is C=Cc1ccccc1S(=O)(=O)[O-].O.[Na+]. The first-order valence-corrected chi connectivity index (χ1v) is 4.64. The van der Waals surface area contributed by atoms with Crippen molar-refractivity contribution in [3.05, 3.63) is 36.4 Å². The third-order valence-corrected chi connectivity index (χ3v) is 2.32. The monoisotopic (exact) mass is 224 g/mol. The Labute approximate surface area is 105 Å². The molecule has 0 aliphatic rings. The largest absolute Gasteiger partial charge is 1.00 e. The maximum Gasteiger partial charge on any atom is 1.00 e. The maximum absolute atomic E-state index is 10.6. The van der Waals surface area contributed by atoms with E-state index in [-0.39, 0.29) is 39.9 Å². The Morgan fingerprint density at radius 3 is 2.14 bits per heavy atom. The molecule has 1 aromatic carbocycles. The van der Waals surface area contributed by atoms with Gasteiger partial charge in [-0.15, -0.1) is 0 Å². The average molecular weight is 224 g/mol. The summed E-state index contributed by atoms with van der Waals surface area (Å²) in [5, 5.41) is 0. The third-order valence-electron chi connectivity index (χ3n) is 1.41. The number of benzene rings is 1. The van der Waals surface area contributed by atoms with Crippen molar-refractivity contribution in [2.24, 2.45) is 0 Å². The molecule has 4 nitrogen and oxygen atoms in total. The van der Waals surface area contributed by atoms with Gasteiger partial charge in [-0.1, -0.05) is 30.9 Å². The second-order valence-electron chi connectivity index (χ2n) is 2.20. The second kappa shape index (κ2) is 6.34. The van der Waals surface area contributed by atoms with E-state index in [9.17, 15) is 13.0 Å². The van der Waals surface area contributed by atoms with Gasteiger partial charge in [0.25, 0.3) is 0 Å². The van der Waals surface area contributed by atoms with Gasteiger partial charge in [0, 0.05) is 0 Å². The summed E-state index contributed by atoms with van der Waals surface area (Å²) in [6, 6.07) is 5.93. The molecule has 1 rings (SSSR count). The van der Waals surface area contributed by atoms with E-state index in [4.69, 9.17) is 0 Å². The van der Waals surface area contributed by atoms with Crippen molar-refractivity contribution in [2.75, 3.05) is 0 Å². The predicted octanol–water partition coefficient (Wildman–Crippen LogP) is -2.59. The fourth-order valence-corrected chi connectivity index (χ4v) is 1.56. The number of hydrogen-bond acceptors (Lipinski definition) is 3. The number of hydrogen-bond donors (Lipinski definition) is 0. The van der Waals surface area contributed by atoms with E-state index in [1.165, 1.54) is 24.3 Å². The Bertz CT molecular complexity index is 400. The van der Waals surface area contributed by atoms with Crippen LogP contribution in [0.4, 0.5) is 0 Å². The first kappa shape index (κ1) is 16.3.